The van der Waals surface area contributed by atoms with Gasteiger partial charge < -0.3 is 15.0 Å². The molecule has 0 aliphatic carbocycles. The fraction of sp³-hybridized carbons (Fsp3) is 0.667. The topological polar surface area (TPSA) is 50.3 Å². The van der Waals surface area contributed by atoms with E-state index in [2.05, 4.69) is 27.1 Å². The van der Waals surface area contributed by atoms with Crippen molar-refractivity contribution in [2.75, 3.05) is 31.1 Å². The largest absolute Gasteiger partial charge is 0.477 e. The normalized spacial score (nSPS) is 15.4. The van der Waals surface area contributed by atoms with Gasteiger partial charge in [0.2, 0.25) is 5.88 Å². The first-order valence-corrected chi connectivity index (χ1v) is 6.27. The van der Waals surface area contributed by atoms with Crippen LogP contribution in [0, 0.1) is 0 Å². The summed E-state index contributed by atoms with van der Waals surface area (Å²) in [7, 11) is 0. The summed E-state index contributed by atoms with van der Waals surface area (Å²) in [5.74, 6) is 1.53. The van der Waals surface area contributed by atoms with E-state index in [1.54, 1.807) is 6.20 Å². The van der Waals surface area contributed by atoms with Crippen LogP contribution in [0.15, 0.2) is 12.4 Å². The van der Waals surface area contributed by atoms with Crippen molar-refractivity contribution in [3.63, 3.8) is 0 Å². The second-order valence-electron chi connectivity index (χ2n) is 4.15. The minimum Gasteiger partial charge on any atom is -0.477 e. The van der Waals surface area contributed by atoms with Gasteiger partial charge in [-0.3, -0.25) is 4.98 Å². The van der Waals surface area contributed by atoms with Crippen LogP contribution in [0.5, 0.6) is 5.88 Å². The Morgan fingerprint density at radius 1 is 1.41 bits per heavy atom. The summed E-state index contributed by atoms with van der Waals surface area (Å²) in [5, 5.41) is 3.29. The molecular weight excluding hydrogens is 216 g/mol. The minimum absolute atomic E-state index is 0.543. The van der Waals surface area contributed by atoms with Crippen LogP contribution in [0.2, 0.25) is 0 Å². The fourth-order valence-electron chi connectivity index (χ4n) is 1.91. The Morgan fingerprint density at radius 2 is 2.24 bits per heavy atom. The maximum atomic E-state index is 5.39. The van der Waals surface area contributed by atoms with E-state index in [9.17, 15) is 0 Å². The van der Waals surface area contributed by atoms with Crippen molar-refractivity contribution < 1.29 is 4.74 Å². The summed E-state index contributed by atoms with van der Waals surface area (Å²) in [5.41, 5.74) is 0. The van der Waals surface area contributed by atoms with Gasteiger partial charge in [-0.2, -0.15) is 4.98 Å². The van der Waals surface area contributed by atoms with Crippen molar-refractivity contribution in [3.05, 3.63) is 12.4 Å². The van der Waals surface area contributed by atoms with E-state index < -0.39 is 0 Å². The number of anilines is 1. The van der Waals surface area contributed by atoms with Crippen molar-refractivity contribution in [1.82, 2.24) is 15.3 Å². The number of aromatic nitrogens is 2. The molecule has 1 aliphatic rings. The van der Waals surface area contributed by atoms with Gasteiger partial charge in [0.15, 0.2) is 5.82 Å². The van der Waals surface area contributed by atoms with E-state index in [0.717, 1.165) is 31.9 Å². The molecule has 1 N–H and O–H groups in total. The van der Waals surface area contributed by atoms with E-state index in [-0.39, 0.29) is 0 Å². The van der Waals surface area contributed by atoms with Gasteiger partial charge in [0.1, 0.15) is 0 Å². The maximum Gasteiger partial charge on any atom is 0.234 e. The predicted octanol–water partition coefficient (Wildman–Crippen LogP) is 1.06. The molecule has 2 rings (SSSR count). The second kappa shape index (κ2) is 5.82. The van der Waals surface area contributed by atoms with E-state index in [0.29, 0.717) is 18.5 Å². The smallest absolute Gasteiger partial charge is 0.234 e. The van der Waals surface area contributed by atoms with Crippen molar-refractivity contribution in [1.29, 1.82) is 0 Å². The van der Waals surface area contributed by atoms with Crippen LogP contribution in [-0.4, -0.2) is 42.3 Å². The number of hydrogen-bond donors (Lipinski definition) is 1. The molecule has 2 heterocycles. The van der Waals surface area contributed by atoms with E-state index in [4.69, 9.17) is 4.74 Å². The molecule has 1 aromatic rings. The van der Waals surface area contributed by atoms with Crippen molar-refractivity contribution in [2.45, 2.75) is 26.3 Å². The molecule has 94 valence electrons. The van der Waals surface area contributed by atoms with Gasteiger partial charge in [0.25, 0.3) is 0 Å². The summed E-state index contributed by atoms with van der Waals surface area (Å²) >= 11 is 0. The Kier molecular flexibility index (Phi) is 4.14. The van der Waals surface area contributed by atoms with Crippen LogP contribution < -0.4 is 15.0 Å². The average molecular weight is 236 g/mol. The van der Waals surface area contributed by atoms with Crippen LogP contribution in [0.3, 0.4) is 0 Å². The second-order valence-corrected chi connectivity index (χ2v) is 4.15. The van der Waals surface area contributed by atoms with Gasteiger partial charge in [-0.15, -0.1) is 0 Å². The highest BCUT2D eigenvalue weighted by molar-refractivity contribution is 5.40. The molecule has 0 atom stereocenters. The lowest BCUT2D eigenvalue weighted by Crippen LogP contribution is -2.57. The third kappa shape index (κ3) is 2.85. The van der Waals surface area contributed by atoms with Crippen molar-refractivity contribution in [2.24, 2.45) is 0 Å². The zero-order valence-corrected chi connectivity index (χ0v) is 10.5. The van der Waals surface area contributed by atoms with Gasteiger partial charge in [0, 0.05) is 19.6 Å². The summed E-state index contributed by atoms with van der Waals surface area (Å²) in [6.45, 7) is 7.82. The highest BCUT2D eigenvalue weighted by atomic mass is 16.5. The highest BCUT2D eigenvalue weighted by Crippen LogP contribution is 2.18. The monoisotopic (exact) mass is 236 g/mol. The molecule has 0 radical (unpaired) electrons. The zero-order valence-electron chi connectivity index (χ0n) is 10.5. The Hall–Kier alpha value is -1.36. The quantitative estimate of drug-likeness (QED) is 0.800. The molecule has 1 aromatic heterocycles. The van der Waals surface area contributed by atoms with Crippen LogP contribution >= 0.6 is 0 Å². The SMILES string of the molecule is CCCN(c1cncc(OCC)n1)C1CNC1. The summed E-state index contributed by atoms with van der Waals surface area (Å²) in [6, 6.07) is 0.543. The molecule has 17 heavy (non-hydrogen) atoms. The highest BCUT2D eigenvalue weighted by Gasteiger charge is 2.25. The number of ether oxygens (including phenoxy) is 1. The van der Waals surface area contributed by atoms with Crippen molar-refractivity contribution >= 4 is 5.82 Å². The molecule has 0 aromatic carbocycles. The number of nitrogens with one attached hydrogen (secondary N) is 1. The van der Waals surface area contributed by atoms with Crippen LogP contribution in [0.4, 0.5) is 5.82 Å². The fourth-order valence-corrected chi connectivity index (χ4v) is 1.91. The van der Waals surface area contributed by atoms with Gasteiger partial charge >= 0.3 is 0 Å². The lowest BCUT2D eigenvalue weighted by molar-refractivity contribution is 0.324. The molecule has 0 amide bonds. The van der Waals surface area contributed by atoms with E-state index in [1.807, 2.05) is 13.1 Å². The van der Waals surface area contributed by atoms with E-state index >= 15 is 0 Å². The molecule has 0 spiro atoms. The van der Waals surface area contributed by atoms with Crippen molar-refractivity contribution in [3.8, 4) is 5.88 Å². The molecule has 1 saturated heterocycles. The van der Waals surface area contributed by atoms with Gasteiger partial charge in [0.05, 0.1) is 25.0 Å². The Labute approximate surface area is 102 Å². The minimum atomic E-state index is 0.543. The Bertz CT molecular complexity index is 354. The third-order valence-electron chi connectivity index (χ3n) is 2.85. The lowest BCUT2D eigenvalue weighted by Gasteiger charge is -2.38. The van der Waals surface area contributed by atoms with Crippen LogP contribution in [-0.2, 0) is 0 Å². The lowest BCUT2D eigenvalue weighted by atomic mass is 10.1. The van der Waals surface area contributed by atoms with Gasteiger partial charge in [-0.25, -0.2) is 0 Å². The average Bonchev–Trinajstić information content (AvgIpc) is 2.27. The molecular formula is C12H20N4O. The predicted molar refractivity (Wildman–Crippen MR) is 67.5 cm³/mol. The van der Waals surface area contributed by atoms with Gasteiger partial charge in [-0.05, 0) is 13.3 Å². The Balaban J connectivity index is 2.13. The standard InChI is InChI=1S/C12H20N4O/c1-3-5-16(10-6-13-7-10)11-8-14-9-12(15-11)17-4-2/h8-10,13H,3-7H2,1-2H3. The first-order valence-electron chi connectivity index (χ1n) is 6.27. The number of nitrogens with zero attached hydrogens (tertiary/aromatic N) is 3. The number of hydrogen-bond acceptors (Lipinski definition) is 5. The molecule has 0 unspecified atom stereocenters. The summed E-state index contributed by atoms with van der Waals surface area (Å²) in [6.07, 6.45) is 4.59. The van der Waals surface area contributed by atoms with Gasteiger partial charge in [-0.1, -0.05) is 6.92 Å². The third-order valence-corrected chi connectivity index (χ3v) is 2.85. The molecule has 0 bridgehead atoms. The summed E-state index contributed by atoms with van der Waals surface area (Å²) in [4.78, 5) is 11.0. The number of rotatable bonds is 6. The van der Waals surface area contributed by atoms with Crippen LogP contribution in [0.25, 0.3) is 0 Å². The first kappa shape index (κ1) is 12.1. The molecule has 1 fully saturated rings. The maximum absolute atomic E-state index is 5.39. The molecule has 5 heteroatoms. The Morgan fingerprint density at radius 3 is 2.82 bits per heavy atom. The molecule has 1 aliphatic heterocycles. The molecule has 0 saturated carbocycles. The first-order chi connectivity index (χ1) is 8.35. The van der Waals surface area contributed by atoms with Crippen LogP contribution in [0.1, 0.15) is 20.3 Å². The summed E-state index contributed by atoms with van der Waals surface area (Å²) < 4.78 is 5.39. The zero-order chi connectivity index (χ0) is 12.1. The molecule has 5 nitrogen and oxygen atoms in total. The van der Waals surface area contributed by atoms with E-state index in [1.165, 1.54) is 0 Å².